The van der Waals surface area contributed by atoms with Crippen molar-refractivity contribution in [3.05, 3.63) is 70.3 Å². The first-order valence-corrected chi connectivity index (χ1v) is 8.58. The first kappa shape index (κ1) is 18.5. The van der Waals surface area contributed by atoms with Crippen molar-refractivity contribution in [2.45, 2.75) is 39.2 Å². The van der Waals surface area contributed by atoms with Gasteiger partial charge in [0.25, 0.3) is 0 Å². The van der Waals surface area contributed by atoms with E-state index in [1.54, 1.807) is 13.0 Å². The van der Waals surface area contributed by atoms with Gasteiger partial charge in [-0.3, -0.25) is 4.79 Å². The average Bonchev–Trinajstić information content (AvgIpc) is 3.06. The Balaban J connectivity index is 1.56. The number of nitrogens with one attached hydrogen (secondary N) is 2. The number of benzene rings is 2. The van der Waals surface area contributed by atoms with Crippen LogP contribution in [0.3, 0.4) is 0 Å². The van der Waals surface area contributed by atoms with E-state index in [2.05, 4.69) is 22.8 Å². The summed E-state index contributed by atoms with van der Waals surface area (Å²) < 4.78 is 38.3. The maximum Gasteiger partial charge on any atom is 0.416 e. The summed E-state index contributed by atoms with van der Waals surface area (Å²) >= 11 is 0. The molecule has 0 spiro atoms. The molecule has 138 valence electrons. The van der Waals surface area contributed by atoms with E-state index in [1.165, 1.54) is 17.2 Å². The van der Waals surface area contributed by atoms with E-state index in [-0.39, 0.29) is 12.3 Å². The topological polar surface area (TPSA) is 41.1 Å². The predicted molar refractivity (Wildman–Crippen MR) is 93.1 cm³/mol. The fraction of sp³-hybridized carbons (Fsp3) is 0.350. The molecule has 0 radical (unpaired) electrons. The Kier molecular flexibility index (Phi) is 5.32. The van der Waals surface area contributed by atoms with Gasteiger partial charge in [-0.05, 0) is 34.7 Å². The van der Waals surface area contributed by atoms with Crippen LogP contribution >= 0.6 is 0 Å². The SMILES string of the molecule is CC(Cc1cccc(C(F)(F)F)c1)C(=O)NCc1ccc2c(c1)CNC2. The molecule has 2 aromatic carbocycles. The van der Waals surface area contributed by atoms with Crippen LogP contribution in [-0.2, 0) is 37.0 Å². The molecule has 0 aromatic heterocycles. The molecule has 26 heavy (non-hydrogen) atoms. The molecule has 1 aliphatic heterocycles. The molecule has 1 amide bonds. The minimum absolute atomic E-state index is 0.166. The van der Waals surface area contributed by atoms with Crippen molar-refractivity contribution in [1.29, 1.82) is 0 Å². The standard InChI is InChI=1S/C20H21F3N2O/c1-13(7-14-3-2-4-18(9-14)20(21,22)23)19(26)25-10-15-5-6-16-11-24-12-17(16)8-15/h2-6,8-9,13,24H,7,10-12H2,1H3,(H,25,26). The second-order valence-electron chi connectivity index (χ2n) is 6.73. The van der Waals surface area contributed by atoms with Gasteiger partial charge >= 0.3 is 6.18 Å². The van der Waals surface area contributed by atoms with Crippen LogP contribution in [0.5, 0.6) is 0 Å². The zero-order chi connectivity index (χ0) is 18.7. The van der Waals surface area contributed by atoms with Crippen LogP contribution in [0.1, 0.15) is 34.7 Å². The summed E-state index contributed by atoms with van der Waals surface area (Å²) in [7, 11) is 0. The third-order valence-corrected chi connectivity index (χ3v) is 4.61. The Bertz CT molecular complexity index is 802. The van der Waals surface area contributed by atoms with Gasteiger partial charge in [0.05, 0.1) is 5.56 Å². The smallest absolute Gasteiger partial charge is 0.352 e. The van der Waals surface area contributed by atoms with Crippen molar-refractivity contribution in [1.82, 2.24) is 10.6 Å². The number of hydrogen-bond donors (Lipinski definition) is 2. The highest BCUT2D eigenvalue weighted by Gasteiger charge is 2.30. The van der Waals surface area contributed by atoms with Gasteiger partial charge < -0.3 is 10.6 Å². The highest BCUT2D eigenvalue weighted by Crippen LogP contribution is 2.30. The first-order valence-electron chi connectivity index (χ1n) is 8.58. The second kappa shape index (κ2) is 7.50. The Labute approximate surface area is 150 Å². The van der Waals surface area contributed by atoms with Crippen LogP contribution in [0.25, 0.3) is 0 Å². The molecule has 2 aromatic rings. The Morgan fingerprint density at radius 1 is 1.12 bits per heavy atom. The van der Waals surface area contributed by atoms with E-state index in [1.807, 2.05) is 6.07 Å². The fourth-order valence-electron chi connectivity index (χ4n) is 3.14. The van der Waals surface area contributed by atoms with Gasteiger partial charge in [0, 0.05) is 25.6 Å². The number of carbonyl (C=O) groups is 1. The summed E-state index contributed by atoms with van der Waals surface area (Å²) in [6.07, 6.45) is -4.10. The normalized spacial score (nSPS) is 14.8. The summed E-state index contributed by atoms with van der Waals surface area (Å²) in [4.78, 5) is 12.3. The summed E-state index contributed by atoms with van der Waals surface area (Å²) in [6, 6.07) is 11.3. The van der Waals surface area contributed by atoms with E-state index in [4.69, 9.17) is 0 Å². The number of rotatable bonds is 5. The number of halogens is 3. The van der Waals surface area contributed by atoms with Crippen molar-refractivity contribution >= 4 is 5.91 Å². The molecular weight excluding hydrogens is 341 g/mol. The maximum absolute atomic E-state index is 12.8. The van der Waals surface area contributed by atoms with Crippen molar-refractivity contribution in [3.8, 4) is 0 Å². The maximum atomic E-state index is 12.8. The lowest BCUT2D eigenvalue weighted by Gasteiger charge is -2.14. The molecule has 3 nitrogen and oxygen atoms in total. The van der Waals surface area contributed by atoms with Crippen LogP contribution in [0.15, 0.2) is 42.5 Å². The molecule has 2 N–H and O–H groups in total. The van der Waals surface area contributed by atoms with Crippen LogP contribution < -0.4 is 10.6 Å². The van der Waals surface area contributed by atoms with Gasteiger partial charge in [-0.25, -0.2) is 0 Å². The minimum atomic E-state index is -4.37. The van der Waals surface area contributed by atoms with Gasteiger partial charge in [-0.2, -0.15) is 13.2 Å². The van der Waals surface area contributed by atoms with Crippen molar-refractivity contribution < 1.29 is 18.0 Å². The van der Waals surface area contributed by atoms with Crippen molar-refractivity contribution in [3.63, 3.8) is 0 Å². The molecule has 1 heterocycles. The third-order valence-electron chi connectivity index (χ3n) is 4.61. The zero-order valence-electron chi connectivity index (χ0n) is 14.5. The molecule has 0 saturated heterocycles. The molecule has 0 saturated carbocycles. The lowest BCUT2D eigenvalue weighted by atomic mass is 9.98. The Morgan fingerprint density at radius 3 is 2.65 bits per heavy atom. The number of fused-ring (bicyclic) bond motifs is 1. The Morgan fingerprint density at radius 2 is 1.88 bits per heavy atom. The summed E-state index contributed by atoms with van der Waals surface area (Å²) in [5, 5.41) is 6.15. The first-order chi connectivity index (χ1) is 12.3. The van der Waals surface area contributed by atoms with Gasteiger partial charge in [0.15, 0.2) is 0 Å². The fourth-order valence-corrected chi connectivity index (χ4v) is 3.14. The number of hydrogen-bond acceptors (Lipinski definition) is 2. The van der Waals surface area contributed by atoms with E-state index >= 15 is 0 Å². The lowest BCUT2D eigenvalue weighted by molar-refractivity contribution is -0.137. The molecule has 1 unspecified atom stereocenters. The van der Waals surface area contributed by atoms with Crippen molar-refractivity contribution in [2.24, 2.45) is 5.92 Å². The molecule has 0 bridgehead atoms. The highest BCUT2D eigenvalue weighted by atomic mass is 19.4. The summed E-state index contributed by atoms with van der Waals surface area (Å²) in [6.45, 7) is 3.85. The number of carbonyl (C=O) groups excluding carboxylic acids is 1. The van der Waals surface area contributed by atoms with Crippen LogP contribution in [-0.4, -0.2) is 5.91 Å². The van der Waals surface area contributed by atoms with Crippen molar-refractivity contribution in [2.75, 3.05) is 0 Å². The van der Waals surface area contributed by atoms with Crippen LogP contribution in [0.4, 0.5) is 13.2 Å². The largest absolute Gasteiger partial charge is 0.416 e. The zero-order valence-corrected chi connectivity index (χ0v) is 14.5. The molecule has 0 aliphatic carbocycles. The molecule has 0 fully saturated rings. The summed E-state index contributed by atoms with van der Waals surface area (Å²) in [5.74, 6) is -0.574. The monoisotopic (exact) mass is 362 g/mol. The third kappa shape index (κ3) is 4.43. The van der Waals surface area contributed by atoms with Crippen LogP contribution in [0.2, 0.25) is 0 Å². The van der Waals surface area contributed by atoms with Gasteiger partial charge in [-0.1, -0.05) is 43.3 Å². The van der Waals surface area contributed by atoms with E-state index in [9.17, 15) is 18.0 Å². The highest BCUT2D eigenvalue weighted by molar-refractivity contribution is 5.78. The predicted octanol–water partition coefficient (Wildman–Crippen LogP) is 3.80. The van der Waals surface area contributed by atoms with E-state index in [0.29, 0.717) is 12.1 Å². The number of alkyl halides is 3. The Hall–Kier alpha value is -2.34. The molecule has 6 heteroatoms. The lowest BCUT2D eigenvalue weighted by Crippen LogP contribution is -2.30. The average molecular weight is 362 g/mol. The van der Waals surface area contributed by atoms with Gasteiger partial charge in [0.1, 0.15) is 0 Å². The molecule has 3 rings (SSSR count). The van der Waals surface area contributed by atoms with E-state index in [0.717, 1.165) is 30.8 Å². The molecular formula is C20H21F3N2O. The summed E-state index contributed by atoms with van der Waals surface area (Å²) in [5.41, 5.74) is 3.36. The van der Waals surface area contributed by atoms with Crippen LogP contribution in [0, 0.1) is 5.92 Å². The van der Waals surface area contributed by atoms with Gasteiger partial charge in [-0.15, -0.1) is 0 Å². The second-order valence-corrected chi connectivity index (χ2v) is 6.73. The quantitative estimate of drug-likeness (QED) is 0.849. The number of amides is 1. The van der Waals surface area contributed by atoms with E-state index < -0.39 is 17.7 Å². The minimum Gasteiger partial charge on any atom is -0.352 e. The van der Waals surface area contributed by atoms with Gasteiger partial charge in [0.2, 0.25) is 5.91 Å². The molecule has 1 atom stereocenters. The molecule has 1 aliphatic rings.